The molecule has 2 saturated heterocycles. The van der Waals surface area contributed by atoms with Crippen LogP contribution in [0.5, 0.6) is 0 Å². The first kappa shape index (κ1) is 29.9. The van der Waals surface area contributed by atoms with E-state index in [1.807, 2.05) is 13.8 Å². The van der Waals surface area contributed by atoms with Gasteiger partial charge in [-0.15, -0.1) is 11.8 Å². The average molecular weight is 622 g/mol. The lowest BCUT2D eigenvalue weighted by Crippen LogP contribution is -2.58. The van der Waals surface area contributed by atoms with Gasteiger partial charge in [0.25, 0.3) is 0 Å². The lowest BCUT2D eigenvalue weighted by Gasteiger charge is -2.45. The van der Waals surface area contributed by atoms with Gasteiger partial charge in [0.1, 0.15) is 17.5 Å². The Labute approximate surface area is 249 Å². The number of carbonyl (C=O) groups is 1. The molecule has 7 nitrogen and oxygen atoms in total. The fourth-order valence-electron chi connectivity index (χ4n) is 6.75. The molecule has 3 aliphatic heterocycles. The molecule has 1 amide bonds. The zero-order valence-corrected chi connectivity index (χ0v) is 24.9. The molecular weight excluding hydrogens is 589 g/mol. The second-order valence-electron chi connectivity index (χ2n) is 11.7. The molecule has 2 fully saturated rings. The molecule has 1 aromatic heterocycles. The SMILES string of the molecule is CC(=O)N1C[C@H](C)N(c2nc(=O)n3c4c(c(-c5ccc(F)cc5F)c(C(F)(F)F)cc24)SCC3CN2CCCC2)C[C@H]1C. The van der Waals surface area contributed by atoms with Gasteiger partial charge in [-0.25, -0.2) is 13.6 Å². The van der Waals surface area contributed by atoms with Crippen LogP contribution in [0.1, 0.15) is 45.2 Å². The molecule has 230 valence electrons. The maximum Gasteiger partial charge on any atom is 0.417 e. The van der Waals surface area contributed by atoms with Gasteiger partial charge in [0.15, 0.2) is 0 Å². The topological polar surface area (TPSA) is 61.7 Å². The van der Waals surface area contributed by atoms with Crippen LogP contribution in [0.2, 0.25) is 0 Å². The molecule has 0 saturated carbocycles. The lowest BCUT2D eigenvalue weighted by atomic mass is 9.95. The number of benzene rings is 2. The van der Waals surface area contributed by atoms with Crippen molar-refractivity contribution in [2.24, 2.45) is 0 Å². The van der Waals surface area contributed by atoms with E-state index >= 15 is 4.39 Å². The zero-order valence-electron chi connectivity index (χ0n) is 24.0. The zero-order chi connectivity index (χ0) is 30.8. The summed E-state index contributed by atoms with van der Waals surface area (Å²) in [5.74, 6) is -1.73. The molecule has 1 unspecified atom stereocenters. The van der Waals surface area contributed by atoms with Crippen LogP contribution in [0.3, 0.4) is 0 Å². The average Bonchev–Trinajstić information content (AvgIpc) is 3.44. The third-order valence-electron chi connectivity index (χ3n) is 8.77. The summed E-state index contributed by atoms with van der Waals surface area (Å²) >= 11 is 1.16. The van der Waals surface area contributed by atoms with Crippen LogP contribution < -0.4 is 10.6 Å². The largest absolute Gasteiger partial charge is 0.417 e. The summed E-state index contributed by atoms with van der Waals surface area (Å²) in [6.07, 6.45) is -2.83. The van der Waals surface area contributed by atoms with E-state index in [4.69, 9.17) is 0 Å². The summed E-state index contributed by atoms with van der Waals surface area (Å²) in [5, 5.41) is 0.141. The summed E-state index contributed by atoms with van der Waals surface area (Å²) in [7, 11) is 0. The molecule has 0 spiro atoms. The Balaban J connectivity index is 1.64. The highest BCUT2D eigenvalue weighted by molar-refractivity contribution is 7.99. The molecule has 0 aliphatic carbocycles. The van der Waals surface area contributed by atoms with Gasteiger partial charge in [0.2, 0.25) is 5.91 Å². The van der Waals surface area contributed by atoms with E-state index in [0.717, 1.165) is 55.9 Å². The van der Waals surface area contributed by atoms with Crippen molar-refractivity contribution in [3.05, 3.63) is 51.9 Å². The van der Waals surface area contributed by atoms with E-state index in [2.05, 4.69) is 9.88 Å². The third kappa shape index (κ3) is 5.28. The summed E-state index contributed by atoms with van der Waals surface area (Å²) in [6, 6.07) is 2.51. The first-order valence-corrected chi connectivity index (χ1v) is 15.4. The highest BCUT2D eigenvalue weighted by Gasteiger charge is 2.41. The molecule has 3 atom stereocenters. The number of aromatic nitrogens is 2. The van der Waals surface area contributed by atoms with Crippen molar-refractivity contribution >= 4 is 34.4 Å². The summed E-state index contributed by atoms with van der Waals surface area (Å²) < 4.78 is 75.0. The standard InChI is InChI=1S/C30H32F5N5O2S/c1-16-13-39(17(2)12-38(16)18(3)41)28-22-11-23(30(33,34)35)25(21-7-6-19(31)10-24(21)32)27-26(22)40(29(42)36-28)20(15-43-27)14-37-8-4-5-9-37/h6-7,10-11,16-17,20H,4-5,8-9,12-15H2,1-3H3/t16-,17+,20?/m1/s1. The molecular formula is C30H32F5N5O2S. The highest BCUT2D eigenvalue weighted by atomic mass is 32.2. The number of halogens is 5. The van der Waals surface area contributed by atoms with Crippen molar-refractivity contribution in [2.45, 2.75) is 62.8 Å². The van der Waals surface area contributed by atoms with Crippen LogP contribution >= 0.6 is 11.8 Å². The lowest BCUT2D eigenvalue weighted by molar-refractivity contribution is -0.137. The second-order valence-corrected chi connectivity index (χ2v) is 12.8. The number of carbonyl (C=O) groups excluding carboxylic acids is 1. The van der Waals surface area contributed by atoms with Crippen LogP contribution in [0.15, 0.2) is 34.0 Å². The predicted octanol–water partition coefficient (Wildman–Crippen LogP) is 5.55. The van der Waals surface area contributed by atoms with Crippen molar-refractivity contribution < 1.29 is 26.7 Å². The smallest absolute Gasteiger partial charge is 0.349 e. The second kappa shape index (κ2) is 11.1. The molecule has 3 aromatic rings. The Morgan fingerprint density at radius 3 is 2.44 bits per heavy atom. The van der Waals surface area contributed by atoms with Gasteiger partial charge in [-0.1, -0.05) is 0 Å². The Bertz CT molecular complexity index is 1650. The number of piperazine rings is 1. The molecule has 3 aliphatic rings. The van der Waals surface area contributed by atoms with Gasteiger partial charge in [-0.3, -0.25) is 9.36 Å². The van der Waals surface area contributed by atoms with E-state index in [1.54, 1.807) is 9.80 Å². The van der Waals surface area contributed by atoms with E-state index in [1.165, 1.54) is 11.5 Å². The number of rotatable bonds is 4. The Kier molecular flexibility index (Phi) is 7.68. The number of likely N-dealkylation sites (tertiary alicyclic amines) is 1. The first-order valence-electron chi connectivity index (χ1n) is 14.4. The minimum absolute atomic E-state index is 0.110. The van der Waals surface area contributed by atoms with Crippen molar-refractivity contribution in [3.63, 3.8) is 0 Å². The number of hydrogen-bond donors (Lipinski definition) is 0. The number of thioether (sulfide) groups is 1. The maximum atomic E-state index is 15.2. The first-order chi connectivity index (χ1) is 20.3. The van der Waals surface area contributed by atoms with Crippen molar-refractivity contribution in [1.82, 2.24) is 19.4 Å². The van der Waals surface area contributed by atoms with Gasteiger partial charge < -0.3 is 14.7 Å². The van der Waals surface area contributed by atoms with E-state index in [-0.39, 0.29) is 57.8 Å². The molecule has 0 bridgehead atoms. The minimum Gasteiger partial charge on any atom is -0.349 e. The van der Waals surface area contributed by atoms with Gasteiger partial charge in [-0.2, -0.15) is 18.2 Å². The highest BCUT2D eigenvalue weighted by Crippen LogP contribution is 2.50. The molecule has 13 heteroatoms. The van der Waals surface area contributed by atoms with Gasteiger partial charge in [0.05, 0.1) is 17.1 Å². The van der Waals surface area contributed by atoms with Crippen molar-refractivity contribution in [3.8, 4) is 11.1 Å². The Morgan fingerprint density at radius 1 is 1.07 bits per heavy atom. The van der Waals surface area contributed by atoms with Crippen LogP contribution in [-0.4, -0.2) is 75.8 Å². The van der Waals surface area contributed by atoms with Crippen LogP contribution in [0.4, 0.5) is 27.8 Å². The fourth-order valence-corrected chi connectivity index (χ4v) is 8.07. The molecule has 4 heterocycles. The summed E-state index contributed by atoms with van der Waals surface area (Å²) in [5.41, 5.74) is -2.19. The van der Waals surface area contributed by atoms with Crippen LogP contribution in [0, 0.1) is 11.6 Å². The van der Waals surface area contributed by atoms with E-state index < -0.39 is 34.6 Å². The van der Waals surface area contributed by atoms with E-state index in [0.29, 0.717) is 24.9 Å². The summed E-state index contributed by atoms with van der Waals surface area (Å²) in [6.45, 7) is 8.00. The van der Waals surface area contributed by atoms with Gasteiger partial charge in [-0.05, 0) is 58.0 Å². The van der Waals surface area contributed by atoms with Crippen molar-refractivity contribution in [2.75, 3.05) is 43.4 Å². The normalized spacial score (nSPS) is 22.9. The molecule has 6 rings (SSSR count). The van der Waals surface area contributed by atoms with Crippen LogP contribution in [0.25, 0.3) is 22.0 Å². The van der Waals surface area contributed by atoms with Gasteiger partial charge in [0, 0.05) is 71.9 Å². The number of hydrogen-bond acceptors (Lipinski definition) is 6. The van der Waals surface area contributed by atoms with Crippen molar-refractivity contribution in [1.29, 1.82) is 0 Å². The monoisotopic (exact) mass is 621 g/mol. The maximum absolute atomic E-state index is 15.2. The summed E-state index contributed by atoms with van der Waals surface area (Å²) in [4.78, 5) is 36.4. The number of alkyl halides is 3. The molecule has 0 radical (unpaired) electrons. The quantitative estimate of drug-likeness (QED) is 0.357. The number of anilines is 1. The van der Waals surface area contributed by atoms with E-state index in [9.17, 15) is 27.2 Å². The van der Waals surface area contributed by atoms with Crippen LogP contribution in [-0.2, 0) is 11.0 Å². The fraction of sp³-hybridized carbons (Fsp3) is 0.500. The molecule has 0 N–H and O–H groups in total. The Hall–Kier alpha value is -3.19. The molecule has 2 aromatic carbocycles. The Morgan fingerprint density at radius 2 is 1.79 bits per heavy atom. The number of nitrogens with zero attached hydrogens (tertiary/aromatic N) is 5. The number of amides is 1. The third-order valence-corrected chi connectivity index (χ3v) is 10.0. The minimum atomic E-state index is -4.89. The van der Waals surface area contributed by atoms with Gasteiger partial charge >= 0.3 is 11.9 Å². The predicted molar refractivity (Wildman–Crippen MR) is 155 cm³/mol. The molecule has 43 heavy (non-hydrogen) atoms.